The topological polar surface area (TPSA) is 61.0 Å². The van der Waals surface area contributed by atoms with Crippen molar-refractivity contribution in [3.63, 3.8) is 0 Å². The van der Waals surface area contributed by atoms with Crippen molar-refractivity contribution in [2.24, 2.45) is 11.8 Å². The van der Waals surface area contributed by atoms with Crippen LogP contribution < -0.4 is 5.90 Å². The number of aromatic nitrogens is 2. The summed E-state index contributed by atoms with van der Waals surface area (Å²) in [5, 5.41) is 1.63. The third-order valence-electron chi connectivity index (χ3n) is 3.54. The van der Waals surface area contributed by atoms with Gasteiger partial charge in [-0.2, -0.15) is 0 Å². The molecule has 1 aliphatic rings. The summed E-state index contributed by atoms with van der Waals surface area (Å²) < 4.78 is 0. The Morgan fingerprint density at radius 1 is 1.50 bits per heavy atom. The fraction of sp³-hybridized carbons (Fsp3) is 0.500. The summed E-state index contributed by atoms with van der Waals surface area (Å²) in [6, 6.07) is 0. The van der Waals surface area contributed by atoms with E-state index in [0.29, 0.717) is 17.7 Å². The molecule has 3 rings (SSSR count). The molecule has 0 bridgehead atoms. The van der Waals surface area contributed by atoms with Crippen LogP contribution in [0.25, 0.3) is 10.2 Å². The Morgan fingerprint density at radius 2 is 2.39 bits per heavy atom. The van der Waals surface area contributed by atoms with Crippen molar-refractivity contribution >= 4 is 33.2 Å². The van der Waals surface area contributed by atoms with Gasteiger partial charge in [0.15, 0.2) is 0 Å². The van der Waals surface area contributed by atoms with E-state index in [1.807, 2.05) is 0 Å². The molecule has 2 heterocycles. The van der Waals surface area contributed by atoms with Gasteiger partial charge in [0.2, 0.25) is 0 Å². The lowest BCUT2D eigenvalue weighted by Crippen LogP contribution is -2.16. The van der Waals surface area contributed by atoms with Crippen LogP contribution in [-0.4, -0.2) is 16.6 Å². The number of halogens is 1. The van der Waals surface area contributed by atoms with Crippen LogP contribution in [0, 0.1) is 5.92 Å². The molecule has 2 aromatic rings. The van der Waals surface area contributed by atoms with E-state index in [2.05, 4.69) is 14.8 Å². The fourth-order valence-electron chi connectivity index (χ4n) is 2.62. The normalized spacial score (nSPS) is 19.1. The first-order chi connectivity index (χ1) is 8.79. The highest BCUT2D eigenvalue weighted by Crippen LogP contribution is 2.40. The van der Waals surface area contributed by atoms with Crippen molar-refractivity contribution < 1.29 is 4.84 Å². The molecule has 6 heteroatoms. The first-order valence-electron chi connectivity index (χ1n) is 6.02. The van der Waals surface area contributed by atoms with Gasteiger partial charge in [-0.05, 0) is 37.2 Å². The van der Waals surface area contributed by atoms with Crippen LogP contribution in [-0.2, 0) is 17.7 Å². The Labute approximate surface area is 114 Å². The summed E-state index contributed by atoms with van der Waals surface area (Å²) in [6.45, 7) is 0.617. The number of thiophene rings is 1. The van der Waals surface area contributed by atoms with Crippen LogP contribution in [0.3, 0.4) is 0 Å². The lowest BCUT2D eigenvalue weighted by atomic mass is 9.85. The van der Waals surface area contributed by atoms with Crippen LogP contribution in [0.1, 0.15) is 23.3 Å². The van der Waals surface area contributed by atoms with E-state index in [9.17, 15) is 0 Å². The average molecular weight is 284 g/mol. The van der Waals surface area contributed by atoms with Gasteiger partial charge in [0, 0.05) is 4.88 Å². The maximum absolute atomic E-state index is 6.20. The first-order valence-corrected chi connectivity index (χ1v) is 7.21. The van der Waals surface area contributed by atoms with E-state index in [-0.39, 0.29) is 0 Å². The van der Waals surface area contributed by atoms with Crippen molar-refractivity contribution in [2.75, 3.05) is 6.61 Å². The van der Waals surface area contributed by atoms with Gasteiger partial charge in [-0.3, -0.25) is 0 Å². The molecule has 18 heavy (non-hydrogen) atoms. The second kappa shape index (κ2) is 5.09. The average Bonchev–Trinajstić information content (AvgIpc) is 2.75. The number of hydrogen-bond acceptors (Lipinski definition) is 5. The molecule has 2 aromatic heterocycles. The molecule has 4 nitrogen and oxygen atoms in total. The maximum atomic E-state index is 6.20. The monoisotopic (exact) mass is 283 g/mol. The van der Waals surface area contributed by atoms with Gasteiger partial charge >= 0.3 is 0 Å². The Hall–Kier alpha value is -0.750. The fourth-order valence-corrected chi connectivity index (χ4v) is 4.11. The smallest absolute Gasteiger partial charge is 0.141 e. The third kappa shape index (κ3) is 2.12. The molecule has 1 atom stereocenters. The summed E-state index contributed by atoms with van der Waals surface area (Å²) in [7, 11) is 0. The SMILES string of the molecule is NOCC[C@@H]1CCc2sc3ncnc(Cl)c3c2C1. The number of hydrogen-bond donors (Lipinski definition) is 1. The molecule has 0 aromatic carbocycles. The number of nitrogens with zero attached hydrogens (tertiary/aromatic N) is 2. The Bertz CT molecular complexity index is 572. The van der Waals surface area contributed by atoms with Gasteiger partial charge in [-0.15, -0.1) is 11.3 Å². The minimum Gasteiger partial charge on any atom is -0.305 e. The van der Waals surface area contributed by atoms with Crippen molar-refractivity contribution in [1.82, 2.24) is 9.97 Å². The molecule has 0 saturated carbocycles. The number of rotatable bonds is 3. The molecular formula is C12H14ClN3OS. The molecule has 1 aliphatic carbocycles. The van der Waals surface area contributed by atoms with Crippen LogP contribution in [0.4, 0.5) is 0 Å². The molecule has 0 spiro atoms. The van der Waals surface area contributed by atoms with E-state index in [4.69, 9.17) is 17.5 Å². The molecule has 0 amide bonds. The van der Waals surface area contributed by atoms with Gasteiger partial charge in [0.25, 0.3) is 0 Å². The third-order valence-corrected chi connectivity index (χ3v) is 5.03. The van der Waals surface area contributed by atoms with Crippen LogP contribution in [0.5, 0.6) is 0 Å². The highest BCUT2D eigenvalue weighted by Gasteiger charge is 2.24. The van der Waals surface area contributed by atoms with Crippen LogP contribution >= 0.6 is 22.9 Å². The zero-order valence-corrected chi connectivity index (χ0v) is 11.4. The molecule has 0 fully saturated rings. The predicted octanol–water partition coefficient (Wildman–Crippen LogP) is 2.73. The van der Waals surface area contributed by atoms with Gasteiger partial charge < -0.3 is 4.84 Å². The van der Waals surface area contributed by atoms with E-state index < -0.39 is 0 Å². The molecule has 96 valence electrons. The lowest BCUT2D eigenvalue weighted by molar-refractivity contribution is 0.120. The van der Waals surface area contributed by atoms with Crippen molar-refractivity contribution in [2.45, 2.75) is 25.7 Å². The van der Waals surface area contributed by atoms with Crippen LogP contribution in [0.15, 0.2) is 6.33 Å². The van der Waals surface area contributed by atoms with Gasteiger partial charge in [0.1, 0.15) is 16.3 Å². The molecule has 2 N–H and O–H groups in total. The Kier molecular flexibility index (Phi) is 3.48. The zero-order valence-electron chi connectivity index (χ0n) is 9.86. The second-order valence-corrected chi connectivity index (χ2v) is 6.06. The molecule has 0 aliphatic heterocycles. The van der Waals surface area contributed by atoms with Gasteiger partial charge in [-0.25, -0.2) is 15.9 Å². The molecular weight excluding hydrogens is 270 g/mol. The number of fused-ring (bicyclic) bond motifs is 3. The summed E-state index contributed by atoms with van der Waals surface area (Å²) in [6.07, 6.45) is 5.85. The van der Waals surface area contributed by atoms with Gasteiger partial charge in [-0.1, -0.05) is 11.6 Å². The van der Waals surface area contributed by atoms with Crippen molar-refractivity contribution in [3.8, 4) is 0 Å². The standard InChI is InChI=1S/C12H14ClN3OS/c13-11-10-8-5-7(3-4-17-14)1-2-9(8)18-12(10)16-6-15-11/h6-7H,1-5,14H2/t7-/m0/s1. The zero-order chi connectivity index (χ0) is 12.5. The second-order valence-electron chi connectivity index (χ2n) is 4.62. The van der Waals surface area contributed by atoms with E-state index in [1.165, 1.54) is 23.2 Å². The largest absolute Gasteiger partial charge is 0.305 e. The Balaban J connectivity index is 1.96. The predicted molar refractivity (Wildman–Crippen MR) is 72.7 cm³/mol. The van der Waals surface area contributed by atoms with Crippen LogP contribution in [0.2, 0.25) is 5.15 Å². The van der Waals surface area contributed by atoms with E-state index >= 15 is 0 Å². The summed E-state index contributed by atoms with van der Waals surface area (Å²) in [5.74, 6) is 5.72. The van der Waals surface area contributed by atoms with E-state index in [0.717, 1.165) is 29.5 Å². The number of nitrogens with two attached hydrogens (primary N) is 1. The molecule has 0 saturated heterocycles. The molecule has 0 radical (unpaired) electrons. The highest BCUT2D eigenvalue weighted by atomic mass is 35.5. The molecule has 0 unspecified atom stereocenters. The first kappa shape index (κ1) is 12.3. The minimum absolute atomic E-state index is 0.577. The van der Waals surface area contributed by atoms with Crippen molar-refractivity contribution in [3.05, 3.63) is 21.9 Å². The summed E-state index contributed by atoms with van der Waals surface area (Å²) in [5.41, 5.74) is 1.34. The lowest BCUT2D eigenvalue weighted by Gasteiger charge is -2.21. The van der Waals surface area contributed by atoms with Gasteiger partial charge in [0.05, 0.1) is 12.0 Å². The van der Waals surface area contributed by atoms with Crippen molar-refractivity contribution in [1.29, 1.82) is 0 Å². The highest BCUT2D eigenvalue weighted by molar-refractivity contribution is 7.19. The maximum Gasteiger partial charge on any atom is 0.141 e. The number of aryl methyl sites for hydroxylation is 1. The quantitative estimate of drug-likeness (QED) is 0.695. The summed E-state index contributed by atoms with van der Waals surface area (Å²) >= 11 is 7.95. The Morgan fingerprint density at radius 3 is 3.22 bits per heavy atom. The minimum atomic E-state index is 0.577. The van der Waals surface area contributed by atoms with E-state index in [1.54, 1.807) is 11.3 Å². The summed E-state index contributed by atoms with van der Waals surface area (Å²) in [4.78, 5) is 15.5.